The van der Waals surface area contributed by atoms with Crippen LogP contribution >= 0.6 is 0 Å². The Morgan fingerprint density at radius 1 is 0.968 bits per heavy atom. The van der Waals surface area contributed by atoms with Crippen LogP contribution in [0.1, 0.15) is 28.8 Å². The number of carbonyl (C=O) groups is 1. The SMILES string of the molecule is COc1ccc(CN(C(=O)c2ccc(NS(=O)(=O)c3ccccc3)cc2)C2CC2)cc1. The highest BCUT2D eigenvalue weighted by atomic mass is 32.2. The van der Waals surface area contributed by atoms with E-state index in [1.807, 2.05) is 29.2 Å². The number of nitrogens with one attached hydrogen (secondary N) is 1. The average molecular weight is 437 g/mol. The summed E-state index contributed by atoms with van der Waals surface area (Å²) in [7, 11) is -2.04. The van der Waals surface area contributed by atoms with E-state index in [4.69, 9.17) is 4.74 Å². The van der Waals surface area contributed by atoms with Gasteiger partial charge in [-0.05, 0) is 66.9 Å². The summed E-state index contributed by atoms with van der Waals surface area (Å²) in [5, 5.41) is 0. The molecule has 1 saturated carbocycles. The van der Waals surface area contributed by atoms with Crippen molar-refractivity contribution >= 4 is 21.6 Å². The van der Waals surface area contributed by atoms with E-state index < -0.39 is 10.0 Å². The quantitative estimate of drug-likeness (QED) is 0.571. The predicted molar refractivity (Wildman–Crippen MR) is 120 cm³/mol. The molecule has 0 heterocycles. The highest BCUT2D eigenvalue weighted by Crippen LogP contribution is 2.30. The molecule has 1 N–H and O–H groups in total. The molecule has 0 aromatic heterocycles. The molecule has 4 rings (SSSR count). The summed E-state index contributed by atoms with van der Waals surface area (Å²) in [5.74, 6) is 0.720. The third-order valence-corrected chi connectivity index (χ3v) is 6.60. The lowest BCUT2D eigenvalue weighted by Crippen LogP contribution is -2.32. The van der Waals surface area contributed by atoms with Crippen LogP contribution in [0.5, 0.6) is 5.75 Å². The highest BCUT2D eigenvalue weighted by molar-refractivity contribution is 7.92. The molecule has 1 aliphatic rings. The normalized spacial score (nSPS) is 13.5. The summed E-state index contributed by atoms with van der Waals surface area (Å²) >= 11 is 0. The number of anilines is 1. The third kappa shape index (κ3) is 5.06. The van der Waals surface area contributed by atoms with Gasteiger partial charge in [-0.15, -0.1) is 0 Å². The highest BCUT2D eigenvalue weighted by Gasteiger charge is 2.33. The lowest BCUT2D eigenvalue weighted by Gasteiger charge is -2.23. The summed E-state index contributed by atoms with van der Waals surface area (Å²) < 4.78 is 32.7. The van der Waals surface area contributed by atoms with Gasteiger partial charge < -0.3 is 9.64 Å². The van der Waals surface area contributed by atoms with Crippen molar-refractivity contribution in [3.63, 3.8) is 0 Å². The fourth-order valence-corrected chi connectivity index (χ4v) is 4.42. The number of amides is 1. The Labute approximate surface area is 182 Å². The first-order valence-electron chi connectivity index (χ1n) is 10.1. The van der Waals surface area contributed by atoms with Gasteiger partial charge >= 0.3 is 0 Å². The second-order valence-electron chi connectivity index (χ2n) is 7.51. The molecule has 0 atom stereocenters. The van der Waals surface area contributed by atoms with Gasteiger partial charge in [0.1, 0.15) is 5.75 Å². The number of nitrogens with zero attached hydrogens (tertiary/aromatic N) is 1. The van der Waals surface area contributed by atoms with Gasteiger partial charge in [0.15, 0.2) is 0 Å². The van der Waals surface area contributed by atoms with E-state index in [1.165, 1.54) is 12.1 Å². The number of rotatable bonds is 8. The third-order valence-electron chi connectivity index (χ3n) is 5.20. The van der Waals surface area contributed by atoms with Crippen LogP contribution in [0.2, 0.25) is 0 Å². The molecule has 0 aliphatic heterocycles. The number of sulfonamides is 1. The molecule has 6 nitrogen and oxygen atoms in total. The van der Waals surface area contributed by atoms with Crippen molar-refractivity contribution in [2.45, 2.75) is 30.3 Å². The molecule has 7 heteroatoms. The molecule has 1 amide bonds. The lowest BCUT2D eigenvalue weighted by molar-refractivity contribution is 0.0730. The van der Waals surface area contributed by atoms with Crippen molar-refractivity contribution in [3.05, 3.63) is 90.0 Å². The Kier molecular flexibility index (Phi) is 5.95. The molecule has 0 saturated heterocycles. The first-order valence-corrected chi connectivity index (χ1v) is 11.6. The fraction of sp³-hybridized carbons (Fsp3) is 0.208. The minimum Gasteiger partial charge on any atom is -0.497 e. The summed E-state index contributed by atoms with van der Waals surface area (Å²) in [6.07, 6.45) is 1.99. The maximum absolute atomic E-state index is 13.1. The van der Waals surface area contributed by atoms with E-state index >= 15 is 0 Å². The van der Waals surface area contributed by atoms with Gasteiger partial charge in [-0.2, -0.15) is 0 Å². The Morgan fingerprint density at radius 2 is 1.61 bits per heavy atom. The van der Waals surface area contributed by atoms with Gasteiger partial charge in [0, 0.05) is 23.8 Å². The minimum absolute atomic E-state index is 0.0595. The molecule has 3 aromatic carbocycles. The number of benzene rings is 3. The molecule has 160 valence electrons. The molecule has 1 fully saturated rings. The molecule has 0 unspecified atom stereocenters. The van der Waals surface area contributed by atoms with Crippen LogP contribution in [0.25, 0.3) is 0 Å². The number of hydrogen-bond acceptors (Lipinski definition) is 4. The van der Waals surface area contributed by atoms with Crippen molar-refractivity contribution < 1.29 is 17.9 Å². The van der Waals surface area contributed by atoms with E-state index in [1.54, 1.807) is 49.6 Å². The summed E-state index contributed by atoms with van der Waals surface area (Å²) in [4.78, 5) is 15.2. The van der Waals surface area contributed by atoms with Gasteiger partial charge in [-0.1, -0.05) is 30.3 Å². The zero-order chi connectivity index (χ0) is 21.8. The van der Waals surface area contributed by atoms with Gasteiger partial charge in [-0.25, -0.2) is 8.42 Å². The Bertz CT molecular complexity index is 1140. The standard InChI is InChI=1S/C24H24N2O4S/c1-30-22-15-7-18(8-16-22)17-26(21-13-14-21)24(27)19-9-11-20(12-10-19)25-31(28,29)23-5-3-2-4-6-23/h2-12,15-16,21,25H,13-14,17H2,1H3. The van der Waals surface area contributed by atoms with Crippen molar-refractivity contribution in [3.8, 4) is 5.75 Å². The van der Waals surface area contributed by atoms with Gasteiger partial charge in [-0.3, -0.25) is 9.52 Å². The Morgan fingerprint density at radius 3 is 2.19 bits per heavy atom. The van der Waals surface area contributed by atoms with E-state index in [9.17, 15) is 13.2 Å². The zero-order valence-corrected chi connectivity index (χ0v) is 18.0. The second kappa shape index (κ2) is 8.81. The van der Waals surface area contributed by atoms with Crippen LogP contribution in [-0.2, 0) is 16.6 Å². The summed E-state index contributed by atoms with van der Waals surface area (Å²) in [6, 6.07) is 22.7. The van der Waals surface area contributed by atoms with E-state index in [0.29, 0.717) is 17.8 Å². The number of methoxy groups -OCH3 is 1. The van der Waals surface area contributed by atoms with Crippen LogP contribution in [0, 0.1) is 0 Å². The van der Waals surface area contributed by atoms with Crippen LogP contribution in [0.15, 0.2) is 83.8 Å². The predicted octanol–water partition coefficient (Wildman–Crippen LogP) is 4.30. The molecule has 0 spiro atoms. The molecular formula is C24H24N2O4S. The van der Waals surface area contributed by atoms with Gasteiger partial charge in [0.25, 0.3) is 15.9 Å². The van der Waals surface area contributed by atoms with E-state index in [0.717, 1.165) is 24.2 Å². The van der Waals surface area contributed by atoms with E-state index in [2.05, 4.69) is 4.72 Å². The molecule has 1 aliphatic carbocycles. The maximum atomic E-state index is 13.1. The summed E-state index contributed by atoms with van der Waals surface area (Å²) in [5.41, 5.74) is 1.98. The molecule has 0 bridgehead atoms. The second-order valence-corrected chi connectivity index (χ2v) is 9.19. The minimum atomic E-state index is -3.67. The smallest absolute Gasteiger partial charge is 0.261 e. The Balaban J connectivity index is 1.47. The molecular weight excluding hydrogens is 412 g/mol. The molecule has 0 radical (unpaired) electrons. The van der Waals surface area contributed by atoms with Crippen molar-refractivity contribution in [1.29, 1.82) is 0 Å². The first-order chi connectivity index (χ1) is 15.0. The number of carbonyl (C=O) groups excluding carboxylic acids is 1. The number of ether oxygens (including phenoxy) is 1. The Hall–Kier alpha value is -3.32. The number of hydrogen-bond donors (Lipinski definition) is 1. The monoisotopic (exact) mass is 436 g/mol. The maximum Gasteiger partial charge on any atom is 0.261 e. The lowest BCUT2D eigenvalue weighted by atomic mass is 10.1. The first kappa shape index (κ1) is 20.9. The van der Waals surface area contributed by atoms with Crippen LogP contribution in [0.3, 0.4) is 0 Å². The molecule has 3 aromatic rings. The van der Waals surface area contributed by atoms with Crippen molar-refractivity contribution in [1.82, 2.24) is 4.90 Å². The van der Waals surface area contributed by atoms with Crippen LogP contribution in [0.4, 0.5) is 5.69 Å². The average Bonchev–Trinajstić information content (AvgIpc) is 3.64. The summed E-state index contributed by atoms with van der Waals surface area (Å²) in [6.45, 7) is 0.524. The topological polar surface area (TPSA) is 75.7 Å². The van der Waals surface area contributed by atoms with Crippen molar-refractivity contribution in [2.24, 2.45) is 0 Å². The van der Waals surface area contributed by atoms with Crippen LogP contribution < -0.4 is 9.46 Å². The van der Waals surface area contributed by atoms with Crippen molar-refractivity contribution in [2.75, 3.05) is 11.8 Å². The fourth-order valence-electron chi connectivity index (χ4n) is 3.34. The van der Waals surface area contributed by atoms with E-state index in [-0.39, 0.29) is 16.8 Å². The molecule has 31 heavy (non-hydrogen) atoms. The van der Waals surface area contributed by atoms with Gasteiger partial charge in [0.2, 0.25) is 0 Å². The van der Waals surface area contributed by atoms with Crippen LogP contribution in [-0.4, -0.2) is 32.4 Å². The zero-order valence-electron chi connectivity index (χ0n) is 17.2. The largest absolute Gasteiger partial charge is 0.497 e. The van der Waals surface area contributed by atoms with Gasteiger partial charge in [0.05, 0.1) is 12.0 Å².